The van der Waals surface area contributed by atoms with Gasteiger partial charge in [0.05, 0.1) is 5.56 Å². The summed E-state index contributed by atoms with van der Waals surface area (Å²) in [6.45, 7) is 6.86. The second-order valence-electron chi connectivity index (χ2n) is 6.99. The number of aromatic amines is 1. The van der Waals surface area contributed by atoms with E-state index in [1.54, 1.807) is 66.2 Å². The van der Waals surface area contributed by atoms with Crippen LogP contribution in [0.2, 0.25) is 0 Å². The third-order valence-electron chi connectivity index (χ3n) is 4.46. The lowest BCUT2D eigenvalue weighted by Crippen LogP contribution is -2.11. The van der Waals surface area contributed by atoms with E-state index in [0.29, 0.717) is 27.8 Å². The predicted molar refractivity (Wildman–Crippen MR) is 137 cm³/mol. The Hall–Kier alpha value is -3.76. The van der Waals surface area contributed by atoms with E-state index >= 15 is 4.39 Å². The normalized spacial score (nSPS) is 11.1. The molecule has 0 atom stereocenters. The number of allylic oxidation sites excluding steroid dienone is 2. The highest BCUT2D eigenvalue weighted by Gasteiger charge is 2.17. The Kier molecular flexibility index (Phi) is 7.98. The summed E-state index contributed by atoms with van der Waals surface area (Å²) in [7, 11) is -3.57. The maximum Gasteiger partial charge on any atom is 0.257 e. The number of hydrogen-bond donors (Lipinski definition) is 3. The van der Waals surface area contributed by atoms with E-state index < -0.39 is 15.8 Å². The number of nitrogens with zero attached hydrogens (tertiary/aromatic N) is 1. The van der Waals surface area contributed by atoms with Crippen LogP contribution in [0.3, 0.4) is 0 Å². The molecule has 2 aromatic heterocycles. The molecule has 0 bridgehead atoms. The molecule has 34 heavy (non-hydrogen) atoms. The Morgan fingerprint density at radius 2 is 1.85 bits per heavy atom. The van der Waals surface area contributed by atoms with Crippen LogP contribution >= 0.6 is 11.3 Å². The Morgan fingerprint density at radius 1 is 1.15 bits per heavy atom. The summed E-state index contributed by atoms with van der Waals surface area (Å²) < 4.78 is 41.2. The molecule has 0 aliphatic carbocycles. The van der Waals surface area contributed by atoms with Gasteiger partial charge in [-0.05, 0) is 49.1 Å². The fourth-order valence-corrected chi connectivity index (χ4v) is 4.57. The summed E-state index contributed by atoms with van der Waals surface area (Å²) in [5.74, 6) is -0.608. The van der Waals surface area contributed by atoms with Crippen molar-refractivity contribution >= 4 is 49.7 Å². The first kappa shape index (κ1) is 24.9. The zero-order valence-electron chi connectivity index (χ0n) is 18.5. The van der Waals surface area contributed by atoms with E-state index in [2.05, 4.69) is 26.8 Å². The molecule has 7 nitrogen and oxygen atoms in total. The number of rotatable bonds is 6. The standard InChI is InChI=1S/C21H17FN4O3S2.C3H6/c1-2-11-31(28,29)26-15-5-3-13(4-6-15)16-7-8-17-19(18(16)22)24-25-20(17)23-21(27)14-9-10-30-12-14;1-3-2/h2-12,26H,1H3,(H2,23,24,25,27);3H,1H2,2H3/b11-2+;. The molecule has 0 spiro atoms. The highest BCUT2D eigenvalue weighted by Crippen LogP contribution is 2.31. The summed E-state index contributed by atoms with van der Waals surface area (Å²) in [6.07, 6.45) is 3.17. The molecule has 1 amide bonds. The number of amides is 1. The highest BCUT2D eigenvalue weighted by atomic mass is 32.2. The average Bonchev–Trinajstić information content (AvgIpc) is 3.46. The number of hydrogen-bond acceptors (Lipinski definition) is 5. The summed E-state index contributed by atoms with van der Waals surface area (Å²) in [5.41, 5.74) is 1.91. The van der Waals surface area contributed by atoms with Gasteiger partial charge in [0.1, 0.15) is 5.52 Å². The third kappa shape index (κ3) is 5.77. The molecule has 10 heteroatoms. The van der Waals surface area contributed by atoms with Gasteiger partial charge in [-0.1, -0.05) is 30.4 Å². The number of aromatic nitrogens is 2. The molecule has 0 fully saturated rings. The first-order chi connectivity index (χ1) is 16.3. The quantitative estimate of drug-likeness (QED) is 0.277. The smallest absolute Gasteiger partial charge is 0.257 e. The monoisotopic (exact) mass is 498 g/mol. The van der Waals surface area contributed by atoms with Gasteiger partial charge in [-0.25, -0.2) is 12.8 Å². The van der Waals surface area contributed by atoms with Crippen molar-refractivity contribution < 1.29 is 17.6 Å². The minimum Gasteiger partial charge on any atom is -0.305 e. The Balaban J connectivity index is 0.00000103. The van der Waals surface area contributed by atoms with Crippen molar-refractivity contribution in [3.8, 4) is 11.1 Å². The zero-order valence-corrected chi connectivity index (χ0v) is 20.1. The van der Waals surface area contributed by atoms with Crippen molar-refractivity contribution in [1.29, 1.82) is 0 Å². The number of carbonyl (C=O) groups excluding carboxylic acids is 1. The van der Waals surface area contributed by atoms with Crippen LogP contribution in [0.15, 0.2) is 77.4 Å². The zero-order chi connectivity index (χ0) is 24.7. The molecule has 0 saturated heterocycles. The number of nitrogens with one attached hydrogen (secondary N) is 3. The molecule has 0 aliphatic rings. The molecule has 0 aliphatic heterocycles. The fourth-order valence-electron chi connectivity index (χ4n) is 3.04. The molecular formula is C24H23FN4O3S2. The summed E-state index contributed by atoms with van der Waals surface area (Å²) in [6, 6.07) is 11.3. The molecule has 0 radical (unpaired) electrons. The molecule has 176 valence electrons. The van der Waals surface area contributed by atoms with Crippen LogP contribution in [0.4, 0.5) is 15.9 Å². The summed E-state index contributed by atoms with van der Waals surface area (Å²) >= 11 is 1.40. The van der Waals surface area contributed by atoms with Gasteiger partial charge in [0.15, 0.2) is 11.6 Å². The van der Waals surface area contributed by atoms with Gasteiger partial charge in [-0.2, -0.15) is 16.4 Å². The lowest BCUT2D eigenvalue weighted by Gasteiger charge is -2.08. The summed E-state index contributed by atoms with van der Waals surface area (Å²) in [5, 5.41) is 14.4. The molecule has 0 unspecified atom stereocenters. The van der Waals surface area contributed by atoms with Crippen LogP contribution < -0.4 is 10.0 Å². The Morgan fingerprint density at radius 3 is 2.47 bits per heavy atom. The van der Waals surface area contributed by atoms with Crippen molar-refractivity contribution in [3.63, 3.8) is 0 Å². The lowest BCUT2D eigenvalue weighted by molar-refractivity contribution is 0.102. The number of benzene rings is 2. The van der Waals surface area contributed by atoms with Gasteiger partial charge in [0.2, 0.25) is 0 Å². The number of carbonyl (C=O) groups is 1. The predicted octanol–water partition coefficient (Wildman–Crippen LogP) is 6.15. The van der Waals surface area contributed by atoms with Gasteiger partial charge in [0, 0.05) is 27.4 Å². The number of thiophene rings is 1. The van der Waals surface area contributed by atoms with Crippen molar-refractivity contribution in [2.24, 2.45) is 0 Å². The van der Waals surface area contributed by atoms with Crippen LogP contribution in [-0.2, 0) is 10.0 Å². The van der Waals surface area contributed by atoms with E-state index in [0.717, 1.165) is 5.41 Å². The van der Waals surface area contributed by atoms with E-state index in [1.165, 1.54) is 17.4 Å². The van der Waals surface area contributed by atoms with Crippen LogP contribution in [0.1, 0.15) is 24.2 Å². The van der Waals surface area contributed by atoms with Gasteiger partial charge < -0.3 is 5.32 Å². The highest BCUT2D eigenvalue weighted by molar-refractivity contribution is 7.95. The molecular weight excluding hydrogens is 475 g/mol. The van der Waals surface area contributed by atoms with Crippen molar-refractivity contribution in [1.82, 2.24) is 10.2 Å². The maximum absolute atomic E-state index is 15.1. The Bertz CT molecular complexity index is 1430. The number of anilines is 2. The molecule has 2 aromatic carbocycles. The van der Waals surface area contributed by atoms with Gasteiger partial charge in [-0.3, -0.25) is 14.6 Å². The number of halogens is 1. The maximum atomic E-state index is 15.1. The van der Waals surface area contributed by atoms with E-state index in [1.807, 2.05) is 6.92 Å². The first-order valence-electron chi connectivity index (χ1n) is 10.1. The van der Waals surface area contributed by atoms with Crippen LogP contribution in [-0.4, -0.2) is 24.5 Å². The molecule has 4 aromatic rings. The second kappa shape index (κ2) is 10.9. The minimum atomic E-state index is -3.57. The minimum absolute atomic E-state index is 0.163. The third-order valence-corrected chi connectivity index (χ3v) is 6.30. The largest absolute Gasteiger partial charge is 0.305 e. The van der Waals surface area contributed by atoms with Gasteiger partial charge in [-0.15, -0.1) is 6.58 Å². The van der Waals surface area contributed by atoms with Crippen LogP contribution in [0.25, 0.3) is 22.0 Å². The molecule has 0 saturated carbocycles. The molecule has 3 N–H and O–H groups in total. The first-order valence-corrected chi connectivity index (χ1v) is 12.6. The SMILES string of the molecule is C/C=C/S(=O)(=O)Nc1ccc(-c2ccc3c(NC(=O)c4ccsc4)n[nH]c3c2F)cc1.C=CC. The van der Waals surface area contributed by atoms with Crippen molar-refractivity contribution in [3.05, 3.63) is 88.7 Å². The molecule has 2 heterocycles. The van der Waals surface area contributed by atoms with Crippen LogP contribution in [0, 0.1) is 5.82 Å². The Labute approximate surface area is 201 Å². The van der Waals surface area contributed by atoms with Crippen molar-refractivity contribution in [2.75, 3.05) is 10.0 Å². The van der Waals surface area contributed by atoms with E-state index in [4.69, 9.17) is 0 Å². The summed E-state index contributed by atoms with van der Waals surface area (Å²) in [4.78, 5) is 12.3. The second-order valence-corrected chi connectivity index (χ2v) is 9.34. The van der Waals surface area contributed by atoms with E-state index in [-0.39, 0.29) is 17.2 Å². The van der Waals surface area contributed by atoms with Gasteiger partial charge >= 0.3 is 0 Å². The number of H-pyrrole nitrogens is 1. The van der Waals surface area contributed by atoms with Gasteiger partial charge in [0.25, 0.3) is 15.9 Å². The van der Waals surface area contributed by atoms with Crippen molar-refractivity contribution in [2.45, 2.75) is 13.8 Å². The number of fused-ring (bicyclic) bond motifs is 1. The fraction of sp³-hybridized carbons (Fsp3) is 0.0833. The molecule has 4 rings (SSSR count). The average molecular weight is 499 g/mol. The van der Waals surface area contributed by atoms with Crippen LogP contribution in [0.5, 0.6) is 0 Å². The topological polar surface area (TPSA) is 104 Å². The lowest BCUT2D eigenvalue weighted by atomic mass is 10.0. The van der Waals surface area contributed by atoms with E-state index in [9.17, 15) is 13.2 Å². The number of sulfonamides is 1.